The molecule has 3 aromatic rings. The molecule has 0 aromatic heterocycles. The van der Waals surface area contributed by atoms with Crippen LogP contribution in [0, 0.1) is 0 Å². The minimum Gasteiger partial charge on any atom is -0.245 e. The molecule has 0 saturated carbocycles. The number of para-hydroxylation sites is 1. The molecule has 5 rings (SSSR count). The fourth-order valence-corrected chi connectivity index (χ4v) is 4.06. The smallest absolute Gasteiger partial charge is 0.0647 e. The lowest BCUT2D eigenvalue weighted by Gasteiger charge is -2.19. The summed E-state index contributed by atoms with van der Waals surface area (Å²) in [4.78, 5) is 0. The average molecular weight is 354 g/mol. The summed E-state index contributed by atoms with van der Waals surface area (Å²) >= 11 is 0. The topological polar surface area (TPSA) is 31.2 Å². The molecule has 0 aliphatic carbocycles. The van der Waals surface area contributed by atoms with Gasteiger partial charge in [0, 0.05) is 6.54 Å². The fourth-order valence-electron chi connectivity index (χ4n) is 4.06. The monoisotopic (exact) mass is 354 g/mol. The second-order valence-corrected chi connectivity index (χ2v) is 7.29. The van der Waals surface area contributed by atoms with Crippen LogP contribution < -0.4 is 10.0 Å². The van der Waals surface area contributed by atoms with Crippen LogP contribution >= 0.6 is 0 Å². The van der Waals surface area contributed by atoms with Gasteiger partial charge in [-0.25, -0.2) is 10.0 Å². The summed E-state index contributed by atoms with van der Waals surface area (Å²) in [5.41, 5.74) is 7.53. The van der Waals surface area contributed by atoms with Crippen molar-refractivity contribution < 1.29 is 0 Å². The van der Waals surface area contributed by atoms with Crippen LogP contribution in [-0.2, 0) is 12.8 Å². The van der Waals surface area contributed by atoms with Crippen molar-refractivity contribution >= 4 is 11.4 Å². The second kappa shape index (κ2) is 6.54. The van der Waals surface area contributed by atoms with Crippen LogP contribution in [-0.4, -0.2) is 12.6 Å². The van der Waals surface area contributed by atoms with E-state index in [1.807, 2.05) is 10.0 Å². The van der Waals surface area contributed by atoms with Crippen LogP contribution in [0.15, 0.2) is 83.2 Å². The van der Waals surface area contributed by atoms with E-state index in [2.05, 4.69) is 90.2 Å². The van der Waals surface area contributed by atoms with Gasteiger partial charge in [-0.15, -0.1) is 0 Å². The maximum Gasteiger partial charge on any atom is 0.0647 e. The van der Waals surface area contributed by atoms with Gasteiger partial charge in [0.25, 0.3) is 0 Å². The SMILES string of the molecule is CC1Cc2ccccc2N1N=NN1CCc2cc(-c3ccccc3)ccc21. The van der Waals surface area contributed by atoms with Gasteiger partial charge in [0.1, 0.15) is 0 Å². The first-order valence-corrected chi connectivity index (χ1v) is 9.54. The number of benzene rings is 3. The Morgan fingerprint density at radius 3 is 2.48 bits per heavy atom. The second-order valence-electron chi connectivity index (χ2n) is 7.29. The average Bonchev–Trinajstić information content (AvgIpc) is 3.26. The van der Waals surface area contributed by atoms with Crippen molar-refractivity contribution in [3.63, 3.8) is 0 Å². The van der Waals surface area contributed by atoms with Crippen molar-refractivity contribution in [2.75, 3.05) is 16.6 Å². The molecule has 0 N–H and O–H groups in total. The first-order valence-electron chi connectivity index (χ1n) is 9.54. The lowest BCUT2D eigenvalue weighted by Crippen LogP contribution is -2.24. The molecule has 4 heteroatoms. The van der Waals surface area contributed by atoms with Gasteiger partial charge in [-0.3, -0.25) is 0 Å². The molecule has 3 aromatic carbocycles. The number of hydrogen-bond acceptors (Lipinski definition) is 2. The van der Waals surface area contributed by atoms with Crippen molar-refractivity contribution in [2.45, 2.75) is 25.8 Å². The number of hydrogen-bond donors (Lipinski definition) is 0. The van der Waals surface area contributed by atoms with E-state index in [0.29, 0.717) is 6.04 Å². The number of rotatable bonds is 3. The molecule has 27 heavy (non-hydrogen) atoms. The van der Waals surface area contributed by atoms with E-state index < -0.39 is 0 Å². The van der Waals surface area contributed by atoms with Crippen molar-refractivity contribution in [1.82, 2.24) is 0 Å². The minimum absolute atomic E-state index is 0.341. The Morgan fingerprint density at radius 1 is 0.778 bits per heavy atom. The molecule has 2 heterocycles. The predicted octanol–water partition coefficient (Wildman–Crippen LogP) is 5.45. The highest BCUT2D eigenvalue weighted by Crippen LogP contribution is 2.35. The van der Waals surface area contributed by atoms with Crippen LogP contribution in [0.2, 0.25) is 0 Å². The summed E-state index contributed by atoms with van der Waals surface area (Å²) in [6.07, 6.45) is 2.02. The molecular weight excluding hydrogens is 332 g/mol. The van der Waals surface area contributed by atoms with Gasteiger partial charge in [-0.05, 0) is 70.7 Å². The Labute approximate surface area is 159 Å². The predicted molar refractivity (Wildman–Crippen MR) is 110 cm³/mol. The molecule has 0 spiro atoms. The van der Waals surface area contributed by atoms with Crippen molar-refractivity contribution in [2.24, 2.45) is 10.4 Å². The zero-order chi connectivity index (χ0) is 18.2. The summed E-state index contributed by atoms with van der Waals surface area (Å²) in [5, 5.41) is 13.2. The van der Waals surface area contributed by atoms with Crippen LogP contribution in [0.4, 0.5) is 11.4 Å². The van der Waals surface area contributed by atoms with Gasteiger partial charge >= 0.3 is 0 Å². The minimum atomic E-state index is 0.341. The highest BCUT2D eigenvalue weighted by Gasteiger charge is 2.26. The molecule has 4 nitrogen and oxygen atoms in total. The van der Waals surface area contributed by atoms with Gasteiger partial charge in [-0.1, -0.05) is 54.6 Å². The maximum atomic E-state index is 4.59. The Morgan fingerprint density at radius 2 is 1.59 bits per heavy atom. The summed E-state index contributed by atoms with van der Waals surface area (Å²) in [7, 11) is 0. The van der Waals surface area contributed by atoms with E-state index in [9.17, 15) is 0 Å². The molecule has 2 aliphatic rings. The summed E-state index contributed by atoms with van der Waals surface area (Å²) in [6, 6.07) is 26.0. The van der Waals surface area contributed by atoms with Crippen LogP contribution in [0.5, 0.6) is 0 Å². The Kier molecular flexibility index (Phi) is 3.89. The molecule has 0 fully saturated rings. The summed E-state index contributed by atoms with van der Waals surface area (Å²) in [5.74, 6) is 0. The summed E-state index contributed by atoms with van der Waals surface area (Å²) in [6.45, 7) is 3.07. The summed E-state index contributed by atoms with van der Waals surface area (Å²) < 4.78 is 0. The van der Waals surface area contributed by atoms with E-state index >= 15 is 0 Å². The van der Waals surface area contributed by atoms with E-state index in [4.69, 9.17) is 0 Å². The standard InChI is InChI=1S/C23H22N4/c1-17-15-20-9-5-6-10-23(20)27(17)25-24-26-14-13-21-16-19(11-12-22(21)26)18-7-3-2-4-8-18/h2-12,16-17H,13-15H2,1H3. The normalized spacial score (nSPS) is 18.2. The molecule has 2 aliphatic heterocycles. The van der Waals surface area contributed by atoms with Gasteiger partial charge < -0.3 is 0 Å². The van der Waals surface area contributed by atoms with E-state index in [1.165, 1.54) is 33.6 Å². The van der Waals surface area contributed by atoms with Crippen LogP contribution in [0.3, 0.4) is 0 Å². The molecule has 1 unspecified atom stereocenters. The van der Waals surface area contributed by atoms with Crippen LogP contribution in [0.1, 0.15) is 18.1 Å². The number of fused-ring (bicyclic) bond motifs is 2. The van der Waals surface area contributed by atoms with Gasteiger partial charge in [0.15, 0.2) is 0 Å². The lowest BCUT2D eigenvalue weighted by molar-refractivity contribution is 0.650. The van der Waals surface area contributed by atoms with E-state index in [0.717, 1.165) is 19.4 Å². The Bertz CT molecular complexity index is 996. The molecule has 0 radical (unpaired) electrons. The van der Waals surface area contributed by atoms with Crippen molar-refractivity contribution in [3.8, 4) is 11.1 Å². The first kappa shape index (κ1) is 16.1. The molecule has 0 bridgehead atoms. The number of nitrogens with zero attached hydrogens (tertiary/aromatic N) is 4. The number of anilines is 2. The Balaban J connectivity index is 1.39. The molecule has 0 amide bonds. The molecule has 0 saturated heterocycles. The van der Waals surface area contributed by atoms with Crippen molar-refractivity contribution in [3.05, 3.63) is 83.9 Å². The first-order chi connectivity index (χ1) is 13.3. The van der Waals surface area contributed by atoms with Crippen molar-refractivity contribution in [1.29, 1.82) is 0 Å². The van der Waals surface area contributed by atoms with Gasteiger partial charge in [-0.2, -0.15) is 0 Å². The maximum absolute atomic E-state index is 4.59. The largest absolute Gasteiger partial charge is 0.245 e. The highest BCUT2D eigenvalue weighted by molar-refractivity contribution is 5.70. The molecular formula is C23H22N4. The van der Waals surface area contributed by atoms with E-state index in [1.54, 1.807) is 0 Å². The molecule has 1 atom stereocenters. The zero-order valence-corrected chi connectivity index (χ0v) is 15.4. The third kappa shape index (κ3) is 2.87. The highest BCUT2D eigenvalue weighted by atomic mass is 15.7. The zero-order valence-electron chi connectivity index (χ0n) is 15.4. The fraction of sp³-hybridized carbons (Fsp3) is 0.217. The third-order valence-electron chi connectivity index (χ3n) is 5.47. The lowest BCUT2D eigenvalue weighted by atomic mass is 10.0. The third-order valence-corrected chi connectivity index (χ3v) is 5.47. The Hall–Kier alpha value is -3.14. The molecule has 134 valence electrons. The van der Waals surface area contributed by atoms with Crippen LogP contribution in [0.25, 0.3) is 11.1 Å². The van der Waals surface area contributed by atoms with Gasteiger partial charge in [0.2, 0.25) is 0 Å². The quantitative estimate of drug-likeness (QED) is 0.586. The van der Waals surface area contributed by atoms with Gasteiger partial charge in [0.05, 0.1) is 17.4 Å². The van der Waals surface area contributed by atoms with E-state index in [-0.39, 0.29) is 0 Å².